The van der Waals surface area contributed by atoms with Gasteiger partial charge >= 0.3 is 12.2 Å². The third kappa shape index (κ3) is 12.5. The first-order valence-corrected chi connectivity index (χ1v) is 3.42. The Hall–Kier alpha value is -1.54. The van der Waals surface area contributed by atoms with Crippen molar-refractivity contribution in [3.8, 4) is 0 Å². The normalized spacial score (nSPS) is 7.60. The summed E-state index contributed by atoms with van der Waals surface area (Å²) in [5.41, 5.74) is 9.92. The number of rotatable bonds is 4. The van der Waals surface area contributed by atoms with Crippen LogP contribution in [0.4, 0.5) is 9.59 Å². The molecular formula is C7H20N4O4. The molecule has 0 saturated heterocycles. The lowest BCUT2D eigenvalue weighted by Gasteiger charge is -2.06. The van der Waals surface area contributed by atoms with Gasteiger partial charge in [0.1, 0.15) is 0 Å². The average molecular weight is 224 g/mol. The Labute approximate surface area is 89.3 Å². The van der Waals surface area contributed by atoms with Crippen LogP contribution in [0.3, 0.4) is 0 Å². The van der Waals surface area contributed by atoms with Gasteiger partial charge in [-0.05, 0) is 0 Å². The summed E-state index contributed by atoms with van der Waals surface area (Å²) in [6.07, 6.45) is -1.52. The highest BCUT2D eigenvalue weighted by atomic mass is 16.7. The number of nitrogens with one attached hydrogen (secondary N) is 2. The van der Waals surface area contributed by atoms with Gasteiger partial charge < -0.3 is 31.6 Å². The molecule has 2 amide bonds. The van der Waals surface area contributed by atoms with Gasteiger partial charge in [-0.2, -0.15) is 0 Å². The van der Waals surface area contributed by atoms with Gasteiger partial charge in [0.05, 0.1) is 13.3 Å². The van der Waals surface area contributed by atoms with E-state index in [0.717, 1.165) is 0 Å². The van der Waals surface area contributed by atoms with E-state index in [1.807, 2.05) is 0 Å². The minimum atomic E-state index is -0.761. The standard InChI is InChI=1S/C5H12N4O4.2CH4/c6-1-8-4(10)12-3-13-5(11)9-2-7;;/h1-3,6-7H2,(H,8,10)(H,9,11);2*1H4. The molecule has 0 rings (SSSR count). The van der Waals surface area contributed by atoms with Crippen LogP contribution in [-0.4, -0.2) is 32.3 Å². The highest BCUT2D eigenvalue weighted by Crippen LogP contribution is 1.80. The Morgan fingerprint density at radius 3 is 1.53 bits per heavy atom. The Bertz CT molecular complexity index is 158. The predicted octanol–water partition coefficient (Wildman–Crippen LogP) is -0.499. The lowest BCUT2D eigenvalue weighted by atomic mass is 11.0. The Kier molecular flexibility index (Phi) is 15.9. The van der Waals surface area contributed by atoms with Gasteiger partial charge in [0.2, 0.25) is 6.79 Å². The summed E-state index contributed by atoms with van der Waals surface area (Å²) in [4.78, 5) is 21.1. The van der Waals surface area contributed by atoms with Gasteiger partial charge in [-0.3, -0.25) is 0 Å². The third-order valence-corrected chi connectivity index (χ3v) is 0.873. The lowest BCUT2D eigenvalue weighted by Crippen LogP contribution is -2.33. The number of hydrogen-bond donors (Lipinski definition) is 4. The fourth-order valence-corrected chi connectivity index (χ4v) is 0.405. The average Bonchev–Trinajstić information content (AvgIpc) is 2.05. The first-order valence-electron chi connectivity index (χ1n) is 3.42. The van der Waals surface area contributed by atoms with E-state index in [-0.39, 0.29) is 28.2 Å². The van der Waals surface area contributed by atoms with Crippen LogP contribution in [0.25, 0.3) is 0 Å². The number of amides is 2. The molecule has 0 aromatic carbocycles. The van der Waals surface area contributed by atoms with Crippen LogP contribution in [0.1, 0.15) is 14.9 Å². The van der Waals surface area contributed by atoms with Crippen molar-refractivity contribution in [1.29, 1.82) is 0 Å². The monoisotopic (exact) mass is 224 g/mol. The number of alkyl carbamates (subject to hydrolysis) is 2. The quantitative estimate of drug-likeness (QED) is 0.476. The van der Waals surface area contributed by atoms with Crippen molar-refractivity contribution in [2.45, 2.75) is 14.9 Å². The van der Waals surface area contributed by atoms with Crippen molar-refractivity contribution in [2.24, 2.45) is 11.5 Å². The first-order chi connectivity index (χ1) is 6.20. The largest absolute Gasteiger partial charge is 0.412 e. The zero-order valence-corrected chi connectivity index (χ0v) is 6.91. The van der Waals surface area contributed by atoms with Crippen LogP contribution in [0.5, 0.6) is 0 Å². The van der Waals surface area contributed by atoms with E-state index in [1.165, 1.54) is 0 Å². The maximum absolute atomic E-state index is 10.5. The van der Waals surface area contributed by atoms with Crippen LogP contribution in [0.15, 0.2) is 0 Å². The fourth-order valence-electron chi connectivity index (χ4n) is 0.405. The summed E-state index contributed by atoms with van der Waals surface area (Å²) in [6.45, 7) is -0.584. The number of carbonyl (C=O) groups excluding carboxylic acids is 2. The van der Waals surface area contributed by atoms with Crippen LogP contribution < -0.4 is 22.1 Å². The number of hydrogen-bond acceptors (Lipinski definition) is 6. The molecule has 0 unspecified atom stereocenters. The maximum atomic E-state index is 10.5. The summed E-state index contributed by atoms with van der Waals surface area (Å²) in [7, 11) is 0. The van der Waals surface area contributed by atoms with Crippen molar-refractivity contribution >= 4 is 12.2 Å². The molecule has 0 aromatic heterocycles. The molecule has 0 aliphatic carbocycles. The molecule has 0 aliphatic rings. The first kappa shape index (κ1) is 19.1. The van der Waals surface area contributed by atoms with Gasteiger partial charge in [-0.1, -0.05) is 14.9 Å². The minimum absolute atomic E-state index is 0. The highest BCUT2D eigenvalue weighted by molar-refractivity contribution is 5.68. The third-order valence-electron chi connectivity index (χ3n) is 0.873. The number of ether oxygens (including phenoxy) is 2. The van der Waals surface area contributed by atoms with Crippen LogP contribution in [-0.2, 0) is 9.47 Å². The van der Waals surface area contributed by atoms with E-state index < -0.39 is 19.0 Å². The van der Waals surface area contributed by atoms with Gasteiger partial charge in [0.25, 0.3) is 0 Å². The van der Waals surface area contributed by atoms with E-state index in [4.69, 9.17) is 11.5 Å². The summed E-state index contributed by atoms with van der Waals surface area (Å²) in [5.74, 6) is 0. The summed E-state index contributed by atoms with van der Waals surface area (Å²) in [5, 5.41) is 4.26. The van der Waals surface area contributed by atoms with E-state index >= 15 is 0 Å². The summed E-state index contributed by atoms with van der Waals surface area (Å²) in [6, 6.07) is 0. The van der Waals surface area contributed by atoms with Crippen LogP contribution >= 0.6 is 0 Å². The summed E-state index contributed by atoms with van der Waals surface area (Å²) < 4.78 is 8.69. The molecule has 0 aliphatic heterocycles. The van der Waals surface area contributed by atoms with Gasteiger partial charge in [0, 0.05) is 0 Å². The second kappa shape index (κ2) is 12.5. The molecule has 8 nitrogen and oxygen atoms in total. The lowest BCUT2D eigenvalue weighted by molar-refractivity contribution is 0.0246. The highest BCUT2D eigenvalue weighted by Gasteiger charge is 2.02. The second-order valence-corrected chi connectivity index (χ2v) is 1.74. The molecule has 0 fully saturated rings. The smallest absolute Gasteiger partial charge is 0.411 e. The van der Waals surface area contributed by atoms with Crippen molar-refractivity contribution in [1.82, 2.24) is 10.6 Å². The van der Waals surface area contributed by atoms with Crippen molar-refractivity contribution < 1.29 is 19.1 Å². The Balaban J connectivity index is -0.000000720. The van der Waals surface area contributed by atoms with Gasteiger partial charge in [0.15, 0.2) is 0 Å². The van der Waals surface area contributed by atoms with Crippen molar-refractivity contribution in [3.63, 3.8) is 0 Å². The molecule has 0 spiro atoms. The van der Waals surface area contributed by atoms with E-state index in [9.17, 15) is 9.59 Å². The Morgan fingerprint density at radius 2 is 1.27 bits per heavy atom. The maximum Gasteiger partial charge on any atom is 0.411 e. The fraction of sp³-hybridized carbons (Fsp3) is 0.714. The topological polar surface area (TPSA) is 129 Å². The van der Waals surface area contributed by atoms with Gasteiger partial charge in [-0.25, -0.2) is 9.59 Å². The molecule has 92 valence electrons. The molecule has 8 heteroatoms. The van der Waals surface area contributed by atoms with E-state index in [2.05, 4.69) is 20.1 Å². The van der Waals surface area contributed by atoms with Gasteiger partial charge in [-0.15, -0.1) is 0 Å². The SMILES string of the molecule is C.C.NCNC(=O)OCOC(=O)NCN. The van der Waals surface area contributed by atoms with Crippen LogP contribution in [0, 0.1) is 0 Å². The summed E-state index contributed by atoms with van der Waals surface area (Å²) >= 11 is 0. The number of carbonyl (C=O) groups is 2. The molecule has 0 bridgehead atoms. The van der Waals surface area contributed by atoms with Crippen molar-refractivity contribution in [3.05, 3.63) is 0 Å². The molecule has 0 radical (unpaired) electrons. The Morgan fingerprint density at radius 1 is 0.933 bits per heavy atom. The predicted molar refractivity (Wildman–Crippen MR) is 55.7 cm³/mol. The van der Waals surface area contributed by atoms with E-state index in [1.54, 1.807) is 0 Å². The second-order valence-electron chi connectivity index (χ2n) is 1.74. The molecule has 0 aromatic rings. The van der Waals surface area contributed by atoms with Crippen LogP contribution in [0.2, 0.25) is 0 Å². The number of nitrogens with two attached hydrogens (primary N) is 2. The zero-order chi connectivity index (χ0) is 10.1. The molecule has 6 N–H and O–H groups in total. The zero-order valence-electron chi connectivity index (χ0n) is 6.91. The van der Waals surface area contributed by atoms with E-state index in [0.29, 0.717) is 0 Å². The molecule has 0 heterocycles. The minimum Gasteiger partial charge on any atom is -0.412 e. The van der Waals surface area contributed by atoms with Crippen molar-refractivity contribution in [2.75, 3.05) is 20.1 Å². The molecular weight excluding hydrogens is 204 g/mol. The molecule has 0 atom stereocenters. The molecule has 15 heavy (non-hydrogen) atoms. The molecule has 0 saturated carbocycles.